The molecule has 12 heavy (non-hydrogen) atoms. The maximum absolute atomic E-state index is 11.9. The molecule has 1 fully saturated rings. The zero-order chi connectivity index (χ0) is 8.81. The second-order valence-corrected chi connectivity index (χ2v) is 6.99. The van der Waals surface area contributed by atoms with E-state index in [0.29, 0.717) is 5.73 Å². The lowest BCUT2D eigenvalue weighted by Gasteiger charge is -2.27. The van der Waals surface area contributed by atoms with Gasteiger partial charge in [-0.3, -0.25) is 4.39 Å². The van der Waals surface area contributed by atoms with Crippen molar-refractivity contribution >= 4 is 8.80 Å². The van der Waals surface area contributed by atoms with Gasteiger partial charge in [0.1, 0.15) is 0 Å². The monoisotopic (exact) mass is 190 g/mol. The highest BCUT2D eigenvalue weighted by Gasteiger charge is 2.21. The summed E-state index contributed by atoms with van der Waals surface area (Å²) in [6, 6.07) is 1.11. The van der Waals surface area contributed by atoms with Gasteiger partial charge in [0.05, 0.1) is 15.5 Å². The molecule has 0 bridgehead atoms. The van der Waals surface area contributed by atoms with Gasteiger partial charge >= 0.3 is 0 Å². The van der Waals surface area contributed by atoms with Gasteiger partial charge in [0.15, 0.2) is 0 Å². The maximum Gasteiger partial charge on any atom is 0.0891 e. The van der Waals surface area contributed by atoms with E-state index in [1.807, 2.05) is 0 Å². The Kier molecular flexibility index (Phi) is 4.84. The molecule has 1 rings (SSSR count). The Hall–Kier alpha value is 0.107. The molecular formula is C9H19FOSi. The topological polar surface area (TPSA) is 9.23 Å². The fraction of sp³-hybridized carbons (Fsp3) is 1.00. The largest absolute Gasteiger partial charge is 0.382 e. The molecule has 1 aliphatic heterocycles. The first-order valence-corrected chi connectivity index (χ1v) is 7.66. The molecule has 0 saturated carbocycles. The fourth-order valence-corrected chi connectivity index (χ4v) is 4.24. The quantitative estimate of drug-likeness (QED) is 0.618. The molecule has 1 nitrogen and oxygen atoms in total. The molecule has 0 aliphatic carbocycles. The number of rotatable bonds is 4. The minimum atomic E-state index is -0.763. The van der Waals surface area contributed by atoms with Gasteiger partial charge in [0, 0.05) is 12.3 Å². The highest BCUT2D eigenvalue weighted by molar-refractivity contribution is 6.58. The van der Waals surface area contributed by atoms with Crippen LogP contribution in [0.5, 0.6) is 0 Å². The van der Waals surface area contributed by atoms with Crippen LogP contribution >= 0.6 is 0 Å². The molecule has 0 amide bonds. The lowest BCUT2D eigenvalue weighted by Crippen LogP contribution is -2.33. The average molecular weight is 190 g/mol. The third-order valence-corrected chi connectivity index (χ3v) is 5.76. The van der Waals surface area contributed by atoms with Crippen molar-refractivity contribution in [2.45, 2.75) is 44.0 Å². The molecule has 1 heterocycles. The van der Waals surface area contributed by atoms with Gasteiger partial charge in [-0.25, -0.2) is 0 Å². The highest BCUT2D eigenvalue weighted by Crippen LogP contribution is 2.17. The third-order valence-electron chi connectivity index (χ3n) is 2.64. The van der Waals surface area contributed by atoms with Gasteiger partial charge in [-0.05, 0) is 25.7 Å². The van der Waals surface area contributed by atoms with Crippen molar-refractivity contribution in [2.24, 2.45) is 0 Å². The first kappa shape index (κ1) is 10.2. The molecule has 2 unspecified atom stereocenters. The molecule has 0 N–H and O–H groups in total. The van der Waals surface area contributed by atoms with E-state index in [1.165, 1.54) is 19.3 Å². The summed E-state index contributed by atoms with van der Waals surface area (Å²) in [5.74, 6) is 0. The predicted octanol–water partition coefficient (Wildman–Crippen LogP) is 2.31. The van der Waals surface area contributed by atoms with Gasteiger partial charge in [0.25, 0.3) is 0 Å². The Labute approximate surface area is 75.9 Å². The van der Waals surface area contributed by atoms with Crippen molar-refractivity contribution in [1.82, 2.24) is 0 Å². The smallest absolute Gasteiger partial charge is 0.0891 e. The van der Waals surface area contributed by atoms with E-state index >= 15 is 0 Å². The summed E-state index contributed by atoms with van der Waals surface area (Å²) < 4.78 is 17.6. The van der Waals surface area contributed by atoms with E-state index in [4.69, 9.17) is 4.74 Å². The van der Waals surface area contributed by atoms with Crippen LogP contribution in [0.3, 0.4) is 0 Å². The van der Waals surface area contributed by atoms with E-state index in [0.717, 1.165) is 19.1 Å². The van der Waals surface area contributed by atoms with Crippen LogP contribution < -0.4 is 0 Å². The Morgan fingerprint density at radius 3 is 2.92 bits per heavy atom. The van der Waals surface area contributed by atoms with Gasteiger partial charge < -0.3 is 4.74 Å². The van der Waals surface area contributed by atoms with Crippen molar-refractivity contribution in [3.8, 4) is 0 Å². The summed E-state index contributed by atoms with van der Waals surface area (Å²) >= 11 is 0. The lowest BCUT2D eigenvalue weighted by atomic mass is 10.2. The molecule has 1 saturated heterocycles. The number of hydrogen-bond acceptors (Lipinski definition) is 1. The number of hydrogen-bond donors (Lipinski definition) is 0. The molecule has 0 aromatic heterocycles. The average Bonchev–Trinajstić information content (AvgIpc) is 2.15. The Bertz CT molecular complexity index is 115. The number of alkyl halides is 1. The molecule has 0 aromatic rings. The zero-order valence-corrected chi connectivity index (χ0v) is 9.05. The van der Waals surface area contributed by atoms with E-state index in [2.05, 4.69) is 6.55 Å². The van der Waals surface area contributed by atoms with Crippen LogP contribution in [0, 0.1) is 0 Å². The molecule has 1 aliphatic rings. The second-order valence-electron chi connectivity index (χ2n) is 3.71. The Morgan fingerprint density at radius 2 is 2.33 bits per heavy atom. The van der Waals surface area contributed by atoms with Crippen molar-refractivity contribution < 1.29 is 9.13 Å². The van der Waals surface area contributed by atoms with E-state index in [1.54, 1.807) is 0 Å². The summed E-state index contributed by atoms with van der Waals surface area (Å²) in [4.78, 5) is 0. The summed E-state index contributed by atoms with van der Waals surface area (Å²) in [6.07, 6.45) is 4.53. The van der Waals surface area contributed by atoms with Crippen LogP contribution in [0.25, 0.3) is 0 Å². The number of ether oxygens (including phenoxy) is 1. The van der Waals surface area contributed by atoms with Gasteiger partial charge in [0.2, 0.25) is 0 Å². The standard InChI is InChI=1S/C9H19FOSi/c1-12(8-4-6-10)9-5-2-3-7-11-9/h9,12H,2-8H2,1H3. The van der Waals surface area contributed by atoms with Gasteiger partial charge in [-0.2, -0.15) is 0 Å². The summed E-state index contributed by atoms with van der Waals surface area (Å²) in [5, 5.41) is 0. The van der Waals surface area contributed by atoms with Crippen LogP contribution in [0.4, 0.5) is 4.39 Å². The normalized spacial score (nSPS) is 27.0. The summed E-state index contributed by atoms with van der Waals surface area (Å²) in [6.45, 7) is 3.10. The molecular weight excluding hydrogens is 171 g/mol. The lowest BCUT2D eigenvalue weighted by molar-refractivity contribution is 0.0625. The van der Waals surface area contributed by atoms with Crippen LogP contribution in [0.1, 0.15) is 25.7 Å². The van der Waals surface area contributed by atoms with Crippen LogP contribution in [-0.4, -0.2) is 27.8 Å². The van der Waals surface area contributed by atoms with Crippen molar-refractivity contribution in [1.29, 1.82) is 0 Å². The third kappa shape index (κ3) is 3.23. The summed E-state index contributed by atoms with van der Waals surface area (Å²) in [7, 11) is -0.763. The minimum Gasteiger partial charge on any atom is -0.382 e. The molecule has 3 heteroatoms. The SMILES string of the molecule is C[SiH](CCCF)C1CCCCO1. The van der Waals surface area contributed by atoms with E-state index in [-0.39, 0.29) is 6.67 Å². The van der Waals surface area contributed by atoms with E-state index < -0.39 is 8.80 Å². The molecule has 0 aromatic carbocycles. The van der Waals surface area contributed by atoms with Crippen LogP contribution in [0.15, 0.2) is 0 Å². The number of halogens is 1. The molecule has 2 atom stereocenters. The zero-order valence-electron chi connectivity index (χ0n) is 7.89. The molecule has 72 valence electrons. The molecule has 0 radical (unpaired) electrons. The maximum atomic E-state index is 11.9. The Balaban J connectivity index is 2.15. The van der Waals surface area contributed by atoms with Crippen LogP contribution in [-0.2, 0) is 4.74 Å². The van der Waals surface area contributed by atoms with E-state index in [9.17, 15) is 4.39 Å². The van der Waals surface area contributed by atoms with Gasteiger partial charge in [-0.1, -0.05) is 12.6 Å². The molecule has 0 spiro atoms. The summed E-state index contributed by atoms with van der Waals surface area (Å²) in [5.41, 5.74) is 0.547. The van der Waals surface area contributed by atoms with Crippen LogP contribution in [0.2, 0.25) is 12.6 Å². The highest BCUT2D eigenvalue weighted by atomic mass is 28.3. The van der Waals surface area contributed by atoms with Crippen molar-refractivity contribution in [3.63, 3.8) is 0 Å². The second kappa shape index (κ2) is 5.70. The Morgan fingerprint density at radius 1 is 1.50 bits per heavy atom. The first-order chi connectivity index (χ1) is 5.84. The van der Waals surface area contributed by atoms with Gasteiger partial charge in [-0.15, -0.1) is 0 Å². The first-order valence-electron chi connectivity index (χ1n) is 5.02. The fourth-order valence-electron chi connectivity index (χ4n) is 1.80. The van der Waals surface area contributed by atoms with Crippen molar-refractivity contribution in [2.75, 3.05) is 13.3 Å². The predicted molar refractivity (Wildman–Crippen MR) is 52.0 cm³/mol. The van der Waals surface area contributed by atoms with Crippen molar-refractivity contribution in [3.05, 3.63) is 0 Å². The minimum absolute atomic E-state index is 0.149.